The zero-order valence-corrected chi connectivity index (χ0v) is 19.6. The molecule has 0 bridgehead atoms. The SMILES string of the molecule is CCc1cccc2sc(N(CCN(C)C)C(=O)c3cc(C)n(C(C)C)n3)nc12.Cl. The number of aryl methyl sites for hydroxylation is 2. The van der Waals surface area contributed by atoms with Crippen molar-refractivity contribution in [3.63, 3.8) is 0 Å². The molecule has 0 spiro atoms. The van der Waals surface area contributed by atoms with Gasteiger partial charge in [0.25, 0.3) is 5.91 Å². The summed E-state index contributed by atoms with van der Waals surface area (Å²) in [7, 11) is 4.02. The fraction of sp³-hybridized carbons (Fsp3) is 0.476. The summed E-state index contributed by atoms with van der Waals surface area (Å²) in [6, 6.07) is 8.32. The maximum Gasteiger partial charge on any atom is 0.280 e. The predicted molar refractivity (Wildman–Crippen MR) is 124 cm³/mol. The summed E-state index contributed by atoms with van der Waals surface area (Å²) in [5, 5.41) is 5.29. The van der Waals surface area contributed by atoms with Gasteiger partial charge in [-0.25, -0.2) is 4.98 Å². The first-order valence-electron chi connectivity index (χ1n) is 9.73. The lowest BCUT2D eigenvalue weighted by Gasteiger charge is -2.21. The lowest BCUT2D eigenvalue weighted by atomic mass is 10.1. The molecule has 3 aromatic rings. The van der Waals surface area contributed by atoms with Crippen molar-refractivity contribution in [3.8, 4) is 0 Å². The number of hydrogen-bond donors (Lipinski definition) is 0. The summed E-state index contributed by atoms with van der Waals surface area (Å²) in [4.78, 5) is 22.1. The van der Waals surface area contributed by atoms with Crippen LogP contribution in [0.1, 0.15) is 48.6 Å². The summed E-state index contributed by atoms with van der Waals surface area (Å²) in [6.45, 7) is 9.58. The van der Waals surface area contributed by atoms with Crippen LogP contribution >= 0.6 is 23.7 Å². The molecule has 0 N–H and O–H groups in total. The van der Waals surface area contributed by atoms with Crippen molar-refractivity contribution < 1.29 is 4.79 Å². The van der Waals surface area contributed by atoms with Gasteiger partial charge in [0.05, 0.1) is 10.2 Å². The molecule has 1 amide bonds. The molecule has 0 saturated heterocycles. The van der Waals surface area contributed by atoms with Crippen LogP contribution < -0.4 is 4.90 Å². The van der Waals surface area contributed by atoms with E-state index in [1.807, 2.05) is 31.8 Å². The third-order valence-corrected chi connectivity index (χ3v) is 5.79. The molecular formula is C21H30ClN5OS. The highest BCUT2D eigenvalue weighted by atomic mass is 35.5. The Labute approximate surface area is 182 Å². The van der Waals surface area contributed by atoms with Crippen LogP contribution in [0.15, 0.2) is 24.3 Å². The van der Waals surface area contributed by atoms with Crippen LogP contribution in [0.2, 0.25) is 0 Å². The predicted octanol–water partition coefficient (Wildman–Crippen LogP) is 4.57. The van der Waals surface area contributed by atoms with Crippen molar-refractivity contribution in [1.29, 1.82) is 0 Å². The average molecular weight is 436 g/mol. The van der Waals surface area contributed by atoms with Crippen LogP contribution in [0.25, 0.3) is 10.2 Å². The molecular weight excluding hydrogens is 406 g/mol. The molecule has 29 heavy (non-hydrogen) atoms. The topological polar surface area (TPSA) is 54.3 Å². The van der Waals surface area contributed by atoms with Crippen LogP contribution in [-0.2, 0) is 6.42 Å². The standard InChI is InChI=1S/C21H29N5OS.ClH/c1-7-16-9-8-10-18-19(16)22-21(28-18)25(12-11-24(5)6)20(27)17-13-15(4)26(23-17)14(2)3;/h8-10,13-14H,7,11-12H2,1-6H3;1H. The molecule has 0 fully saturated rings. The van der Waals surface area contributed by atoms with E-state index >= 15 is 0 Å². The number of likely N-dealkylation sites (N-methyl/N-ethyl adjacent to an activating group) is 1. The Bertz CT molecular complexity index is 979. The molecule has 2 aromatic heterocycles. The number of hydrogen-bond acceptors (Lipinski definition) is 5. The van der Waals surface area contributed by atoms with Gasteiger partial charge in [-0.3, -0.25) is 14.4 Å². The minimum absolute atomic E-state index is 0. The van der Waals surface area contributed by atoms with Gasteiger partial charge >= 0.3 is 0 Å². The van der Waals surface area contributed by atoms with Crippen molar-refractivity contribution in [3.05, 3.63) is 41.2 Å². The molecule has 2 heterocycles. The van der Waals surface area contributed by atoms with Gasteiger partial charge < -0.3 is 4.90 Å². The molecule has 0 saturated carbocycles. The second kappa shape index (κ2) is 9.69. The van der Waals surface area contributed by atoms with Gasteiger partial charge in [0.15, 0.2) is 10.8 Å². The molecule has 0 radical (unpaired) electrons. The van der Waals surface area contributed by atoms with E-state index in [4.69, 9.17) is 4.98 Å². The van der Waals surface area contributed by atoms with E-state index in [1.165, 1.54) is 5.56 Å². The Kier molecular flexibility index (Phi) is 7.80. The second-order valence-corrected chi connectivity index (χ2v) is 8.59. The molecule has 158 valence electrons. The number of benzene rings is 1. The number of nitrogens with zero attached hydrogens (tertiary/aromatic N) is 5. The van der Waals surface area contributed by atoms with E-state index in [9.17, 15) is 4.79 Å². The van der Waals surface area contributed by atoms with Crippen LogP contribution in [0.3, 0.4) is 0 Å². The van der Waals surface area contributed by atoms with Gasteiger partial charge in [0.1, 0.15) is 0 Å². The molecule has 8 heteroatoms. The number of carbonyl (C=O) groups is 1. The minimum Gasteiger partial charge on any atom is -0.308 e. The van der Waals surface area contributed by atoms with Crippen molar-refractivity contribution >= 4 is 45.0 Å². The Balaban J connectivity index is 0.00000300. The van der Waals surface area contributed by atoms with Crippen molar-refractivity contribution in [1.82, 2.24) is 19.7 Å². The number of fused-ring (bicyclic) bond motifs is 1. The molecule has 0 aliphatic carbocycles. The Morgan fingerprint density at radius 3 is 2.55 bits per heavy atom. The number of anilines is 1. The maximum absolute atomic E-state index is 13.4. The Morgan fingerprint density at radius 1 is 1.24 bits per heavy atom. The van der Waals surface area contributed by atoms with E-state index in [2.05, 4.69) is 49.0 Å². The highest BCUT2D eigenvalue weighted by Crippen LogP contribution is 2.31. The molecule has 0 unspecified atom stereocenters. The van der Waals surface area contributed by atoms with Gasteiger partial charge in [0, 0.05) is 24.8 Å². The van der Waals surface area contributed by atoms with Crippen molar-refractivity contribution in [2.24, 2.45) is 0 Å². The zero-order chi connectivity index (χ0) is 20.4. The number of aromatic nitrogens is 3. The molecule has 0 aliphatic heterocycles. The van der Waals surface area contributed by atoms with Crippen LogP contribution in [0.4, 0.5) is 5.13 Å². The lowest BCUT2D eigenvalue weighted by Crippen LogP contribution is -2.37. The maximum atomic E-state index is 13.4. The largest absolute Gasteiger partial charge is 0.308 e. The molecule has 6 nitrogen and oxygen atoms in total. The Morgan fingerprint density at radius 2 is 1.97 bits per heavy atom. The molecule has 1 aromatic carbocycles. The summed E-state index contributed by atoms with van der Waals surface area (Å²) >= 11 is 1.57. The fourth-order valence-corrected chi connectivity index (χ4v) is 4.27. The van der Waals surface area contributed by atoms with Gasteiger partial charge in [-0.15, -0.1) is 12.4 Å². The monoisotopic (exact) mass is 435 g/mol. The van der Waals surface area contributed by atoms with E-state index in [0.717, 1.165) is 34.0 Å². The van der Waals surface area contributed by atoms with Crippen LogP contribution in [0.5, 0.6) is 0 Å². The van der Waals surface area contributed by atoms with Gasteiger partial charge in [0.2, 0.25) is 0 Å². The third kappa shape index (κ3) is 4.97. The quantitative estimate of drug-likeness (QED) is 0.545. The fourth-order valence-electron chi connectivity index (χ4n) is 3.23. The second-order valence-electron chi connectivity index (χ2n) is 7.58. The first kappa shape index (κ1) is 23.3. The van der Waals surface area contributed by atoms with Gasteiger partial charge in [-0.2, -0.15) is 5.10 Å². The first-order chi connectivity index (χ1) is 13.3. The number of amides is 1. The summed E-state index contributed by atoms with van der Waals surface area (Å²) in [5.41, 5.74) is 3.67. The van der Waals surface area contributed by atoms with Crippen molar-refractivity contribution in [2.45, 2.75) is 40.2 Å². The summed E-state index contributed by atoms with van der Waals surface area (Å²) < 4.78 is 3.01. The molecule has 0 aliphatic rings. The first-order valence-corrected chi connectivity index (χ1v) is 10.5. The smallest absolute Gasteiger partial charge is 0.280 e. The van der Waals surface area contributed by atoms with E-state index < -0.39 is 0 Å². The van der Waals surface area contributed by atoms with E-state index in [0.29, 0.717) is 12.2 Å². The molecule has 3 rings (SSSR count). The highest BCUT2D eigenvalue weighted by Gasteiger charge is 2.25. The lowest BCUT2D eigenvalue weighted by molar-refractivity contribution is 0.0979. The summed E-state index contributed by atoms with van der Waals surface area (Å²) in [5.74, 6) is -0.0959. The summed E-state index contributed by atoms with van der Waals surface area (Å²) in [6.07, 6.45) is 0.921. The number of thiazole rings is 1. The highest BCUT2D eigenvalue weighted by molar-refractivity contribution is 7.22. The number of para-hydroxylation sites is 1. The minimum atomic E-state index is -0.0959. The normalized spacial score (nSPS) is 11.3. The Hall–Kier alpha value is -1.96. The third-order valence-electron chi connectivity index (χ3n) is 4.75. The van der Waals surface area contributed by atoms with E-state index in [1.54, 1.807) is 16.2 Å². The van der Waals surface area contributed by atoms with Crippen LogP contribution in [-0.4, -0.2) is 52.8 Å². The van der Waals surface area contributed by atoms with E-state index in [-0.39, 0.29) is 24.4 Å². The van der Waals surface area contributed by atoms with Crippen LogP contribution in [0, 0.1) is 6.92 Å². The zero-order valence-electron chi connectivity index (χ0n) is 18.0. The van der Waals surface area contributed by atoms with Crippen molar-refractivity contribution in [2.75, 3.05) is 32.1 Å². The number of rotatable bonds is 7. The number of carbonyl (C=O) groups excluding carboxylic acids is 1. The van der Waals surface area contributed by atoms with Gasteiger partial charge in [-0.05, 0) is 59.0 Å². The number of halogens is 1. The average Bonchev–Trinajstić information content (AvgIpc) is 3.24. The molecule has 0 atom stereocenters. The van der Waals surface area contributed by atoms with Gasteiger partial charge in [-0.1, -0.05) is 30.4 Å².